The van der Waals surface area contributed by atoms with Crippen LogP contribution in [0, 0.1) is 17.1 Å². The molecule has 3 rings (SSSR count). The van der Waals surface area contributed by atoms with Gasteiger partial charge in [0.15, 0.2) is 5.82 Å². The van der Waals surface area contributed by atoms with E-state index in [4.69, 9.17) is 11.6 Å². The Labute approximate surface area is 168 Å². The number of amides is 1. The summed E-state index contributed by atoms with van der Waals surface area (Å²) in [6.45, 7) is 5.76. The summed E-state index contributed by atoms with van der Waals surface area (Å²) in [7, 11) is 0. The highest BCUT2D eigenvalue weighted by atomic mass is 35.5. The molecule has 1 aromatic heterocycles. The molecule has 28 heavy (non-hydrogen) atoms. The number of carbonyl (C=O) groups excluding carboxylic acids is 1. The number of carbonyl (C=O) groups is 1. The predicted molar refractivity (Wildman–Crippen MR) is 105 cm³/mol. The summed E-state index contributed by atoms with van der Waals surface area (Å²) in [4.78, 5) is 16.2. The second kappa shape index (κ2) is 8.53. The van der Waals surface area contributed by atoms with E-state index >= 15 is 0 Å². The van der Waals surface area contributed by atoms with E-state index in [2.05, 4.69) is 16.3 Å². The van der Waals surface area contributed by atoms with Gasteiger partial charge in [0.05, 0.1) is 11.3 Å². The van der Waals surface area contributed by atoms with Crippen molar-refractivity contribution in [1.29, 1.82) is 5.26 Å². The zero-order valence-corrected chi connectivity index (χ0v) is 16.6. The van der Waals surface area contributed by atoms with Crippen molar-refractivity contribution in [2.45, 2.75) is 26.7 Å². The quantitative estimate of drug-likeness (QED) is 0.786. The minimum absolute atomic E-state index is 0.0287. The summed E-state index contributed by atoms with van der Waals surface area (Å²) in [6, 6.07) is 6.23. The summed E-state index contributed by atoms with van der Waals surface area (Å²) < 4.78 is 14.0. The van der Waals surface area contributed by atoms with Crippen LogP contribution in [0.5, 0.6) is 0 Å². The maximum absolute atomic E-state index is 14.0. The molecule has 0 unspecified atom stereocenters. The van der Waals surface area contributed by atoms with E-state index in [1.54, 1.807) is 4.90 Å². The van der Waals surface area contributed by atoms with Gasteiger partial charge in [-0.3, -0.25) is 4.79 Å². The van der Waals surface area contributed by atoms with Gasteiger partial charge in [0.2, 0.25) is 0 Å². The lowest BCUT2D eigenvalue weighted by atomic mass is 10.0. The topological polar surface area (TPSA) is 73.1 Å². The highest BCUT2D eigenvalue weighted by Crippen LogP contribution is 2.25. The maximum Gasteiger partial charge on any atom is 0.257 e. The fourth-order valence-electron chi connectivity index (χ4n) is 3.45. The van der Waals surface area contributed by atoms with Crippen LogP contribution in [0.25, 0.3) is 0 Å². The average Bonchev–Trinajstić information content (AvgIpc) is 2.73. The molecule has 0 spiro atoms. The Bertz CT molecular complexity index is 935. The molecule has 1 aliphatic rings. The van der Waals surface area contributed by atoms with Crippen LogP contribution in [0.2, 0.25) is 5.02 Å². The summed E-state index contributed by atoms with van der Waals surface area (Å²) in [6.07, 6.45) is 1.43. The lowest BCUT2D eigenvalue weighted by Crippen LogP contribution is -2.49. The molecule has 0 aliphatic carbocycles. The second-order valence-electron chi connectivity index (χ2n) is 6.55. The second-order valence-corrected chi connectivity index (χ2v) is 6.98. The van der Waals surface area contributed by atoms with Crippen LogP contribution in [0.15, 0.2) is 18.2 Å². The van der Waals surface area contributed by atoms with Gasteiger partial charge in [-0.25, -0.2) is 4.39 Å². The number of hydrogen-bond acceptors (Lipinski definition) is 5. The molecule has 1 amide bonds. The Morgan fingerprint density at radius 1 is 1.21 bits per heavy atom. The molecule has 2 heterocycles. The molecule has 0 N–H and O–H groups in total. The fraction of sp³-hybridized carbons (Fsp3) is 0.400. The van der Waals surface area contributed by atoms with E-state index in [9.17, 15) is 14.4 Å². The fourth-order valence-corrected chi connectivity index (χ4v) is 3.63. The maximum atomic E-state index is 14.0. The molecule has 0 bridgehead atoms. The van der Waals surface area contributed by atoms with Crippen molar-refractivity contribution in [2.24, 2.45) is 0 Å². The first-order valence-corrected chi connectivity index (χ1v) is 9.65. The third kappa shape index (κ3) is 3.78. The van der Waals surface area contributed by atoms with Crippen molar-refractivity contribution in [3.63, 3.8) is 0 Å². The average molecular weight is 402 g/mol. The highest BCUT2D eigenvalue weighted by Gasteiger charge is 2.27. The number of aryl methyl sites for hydroxylation is 1. The van der Waals surface area contributed by atoms with Gasteiger partial charge in [0, 0.05) is 31.2 Å². The van der Waals surface area contributed by atoms with Gasteiger partial charge in [-0.1, -0.05) is 25.4 Å². The highest BCUT2D eigenvalue weighted by molar-refractivity contribution is 6.31. The van der Waals surface area contributed by atoms with Gasteiger partial charge in [0.25, 0.3) is 5.91 Å². The first-order chi connectivity index (χ1) is 13.5. The first kappa shape index (κ1) is 20.0. The third-order valence-electron chi connectivity index (χ3n) is 4.96. The largest absolute Gasteiger partial charge is 0.350 e. The van der Waals surface area contributed by atoms with Gasteiger partial charge >= 0.3 is 0 Å². The van der Waals surface area contributed by atoms with E-state index in [0.717, 1.165) is 17.7 Å². The van der Waals surface area contributed by atoms with E-state index < -0.39 is 5.82 Å². The van der Waals surface area contributed by atoms with Crippen LogP contribution in [0.4, 0.5) is 10.2 Å². The normalized spacial score (nSPS) is 14.1. The van der Waals surface area contributed by atoms with Crippen molar-refractivity contribution in [1.82, 2.24) is 15.1 Å². The molecule has 6 nitrogen and oxygen atoms in total. The van der Waals surface area contributed by atoms with Crippen molar-refractivity contribution < 1.29 is 9.18 Å². The molecule has 2 aromatic rings. The molecule has 1 saturated heterocycles. The van der Waals surface area contributed by atoms with Gasteiger partial charge in [-0.05, 0) is 36.6 Å². The van der Waals surface area contributed by atoms with E-state index in [-0.39, 0.29) is 11.5 Å². The molecule has 146 valence electrons. The lowest BCUT2D eigenvalue weighted by Gasteiger charge is -2.35. The molecular weight excluding hydrogens is 381 g/mol. The Hall–Kier alpha value is -2.72. The SMILES string of the molecule is CCc1nnc(N2CCN(C(=O)c3cc(Cl)ccc3F)CC2)c(C#N)c1CC. The summed E-state index contributed by atoms with van der Waals surface area (Å²) >= 11 is 5.90. The Morgan fingerprint density at radius 2 is 1.93 bits per heavy atom. The zero-order chi connectivity index (χ0) is 20.3. The molecule has 0 saturated carbocycles. The molecular formula is C20H21ClFN5O. The number of rotatable bonds is 4. The van der Waals surface area contributed by atoms with Gasteiger partial charge in [-0.2, -0.15) is 10.4 Å². The number of piperazine rings is 1. The number of nitrogens with zero attached hydrogens (tertiary/aromatic N) is 5. The minimum atomic E-state index is -0.586. The summed E-state index contributed by atoms with van der Waals surface area (Å²) in [5.74, 6) is -0.420. The van der Waals surface area contributed by atoms with Crippen molar-refractivity contribution in [3.8, 4) is 6.07 Å². The van der Waals surface area contributed by atoms with Crippen LogP contribution < -0.4 is 4.90 Å². The number of aromatic nitrogens is 2. The van der Waals surface area contributed by atoms with Crippen molar-refractivity contribution in [2.75, 3.05) is 31.1 Å². The number of anilines is 1. The molecule has 0 atom stereocenters. The van der Waals surface area contributed by atoms with Crippen LogP contribution in [0.1, 0.15) is 41.0 Å². The first-order valence-electron chi connectivity index (χ1n) is 9.27. The number of nitriles is 1. The summed E-state index contributed by atoms with van der Waals surface area (Å²) in [5, 5.41) is 18.5. The van der Waals surface area contributed by atoms with E-state index in [0.29, 0.717) is 49.0 Å². The van der Waals surface area contributed by atoms with Crippen LogP contribution in [0.3, 0.4) is 0 Å². The van der Waals surface area contributed by atoms with Gasteiger partial charge < -0.3 is 9.80 Å². The van der Waals surface area contributed by atoms with Crippen LogP contribution >= 0.6 is 11.6 Å². The standard InChI is InChI=1S/C20H21ClFN5O/c1-3-14-16(12-23)19(25-24-18(14)4-2)26-7-9-27(10-8-26)20(28)15-11-13(21)5-6-17(15)22/h5-6,11H,3-4,7-10H2,1-2H3. The lowest BCUT2D eigenvalue weighted by molar-refractivity contribution is 0.0741. The molecule has 1 fully saturated rings. The predicted octanol–water partition coefficient (Wildman–Crippen LogP) is 3.23. The Morgan fingerprint density at radius 3 is 2.54 bits per heavy atom. The summed E-state index contributed by atoms with van der Waals surface area (Å²) in [5.41, 5.74) is 2.29. The molecule has 1 aliphatic heterocycles. The minimum Gasteiger partial charge on any atom is -0.350 e. The third-order valence-corrected chi connectivity index (χ3v) is 5.20. The smallest absolute Gasteiger partial charge is 0.257 e. The molecule has 8 heteroatoms. The number of hydrogen-bond donors (Lipinski definition) is 0. The molecule has 1 aromatic carbocycles. The monoisotopic (exact) mass is 401 g/mol. The van der Waals surface area contributed by atoms with Crippen LogP contribution in [-0.2, 0) is 12.8 Å². The van der Waals surface area contributed by atoms with Crippen LogP contribution in [-0.4, -0.2) is 47.2 Å². The van der Waals surface area contributed by atoms with E-state index in [1.165, 1.54) is 18.2 Å². The number of halogens is 2. The zero-order valence-electron chi connectivity index (χ0n) is 15.9. The Kier molecular flexibility index (Phi) is 6.10. The Balaban J connectivity index is 1.78. The van der Waals surface area contributed by atoms with E-state index in [1.807, 2.05) is 18.7 Å². The van der Waals surface area contributed by atoms with Gasteiger partial charge in [-0.15, -0.1) is 5.10 Å². The number of benzene rings is 1. The van der Waals surface area contributed by atoms with Crippen molar-refractivity contribution >= 4 is 23.3 Å². The molecule has 0 radical (unpaired) electrons. The van der Waals surface area contributed by atoms with Crippen molar-refractivity contribution in [3.05, 3.63) is 51.4 Å². The van der Waals surface area contributed by atoms with Gasteiger partial charge in [0.1, 0.15) is 17.4 Å².